The highest BCUT2D eigenvalue weighted by Gasteiger charge is 1.75. The number of rotatable bonds is 3. The van der Waals surface area contributed by atoms with Crippen molar-refractivity contribution in [2.24, 2.45) is 0 Å². The first-order valence-electron chi connectivity index (χ1n) is 4.07. The van der Waals surface area contributed by atoms with E-state index in [9.17, 15) is 4.79 Å². The van der Waals surface area contributed by atoms with Crippen LogP contribution in [0.5, 0.6) is 0 Å². The van der Waals surface area contributed by atoms with Crippen LogP contribution < -0.4 is 0 Å². The summed E-state index contributed by atoms with van der Waals surface area (Å²) in [4.78, 5) is 9.18. The highest BCUT2D eigenvalue weighted by Crippen LogP contribution is 1.97. The van der Waals surface area contributed by atoms with Gasteiger partial charge in [0, 0.05) is 0 Å². The molecule has 1 aromatic rings. The van der Waals surface area contributed by atoms with Gasteiger partial charge in [0.25, 0.3) is 6.47 Å². The third-order valence-electron chi connectivity index (χ3n) is 1.27. The van der Waals surface area contributed by atoms with Crippen molar-refractivity contribution in [2.75, 3.05) is 6.61 Å². The summed E-state index contributed by atoms with van der Waals surface area (Å²) in [6.07, 6.45) is 1.83. The van der Waals surface area contributed by atoms with Crippen LogP contribution in [0.4, 0.5) is 0 Å². The van der Waals surface area contributed by atoms with Gasteiger partial charge in [0.05, 0.1) is 6.61 Å². The molecule has 0 aliphatic carbocycles. The average Bonchev–Trinajstić information content (AvgIpc) is 2.21. The van der Waals surface area contributed by atoms with Gasteiger partial charge in [-0.2, -0.15) is 0 Å². The summed E-state index contributed by atoms with van der Waals surface area (Å²) >= 11 is 0. The van der Waals surface area contributed by atoms with Crippen molar-refractivity contribution in [1.29, 1.82) is 0 Å². The molecule has 0 aromatic heterocycles. The Hall–Kier alpha value is -1.57. The lowest BCUT2D eigenvalue weighted by atomic mass is 10.2. The normalized spacial score (nSPS) is 7.77. The molecule has 0 radical (unpaired) electrons. The van der Waals surface area contributed by atoms with Gasteiger partial charge in [0.15, 0.2) is 0 Å². The second kappa shape index (κ2) is 8.53. The number of benzene rings is 1. The van der Waals surface area contributed by atoms with Gasteiger partial charge in [-0.15, -0.1) is 0 Å². The highest BCUT2D eigenvalue weighted by atomic mass is 16.5. The fourth-order valence-corrected chi connectivity index (χ4v) is 0.657. The van der Waals surface area contributed by atoms with Crippen molar-refractivity contribution >= 4 is 12.5 Å². The van der Waals surface area contributed by atoms with Gasteiger partial charge in [0.1, 0.15) is 0 Å². The zero-order valence-electron chi connectivity index (χ0n) is 7.77. The van der Waals surface area contributed by atoms with E-state index >= 15 is 0 Å². The summed E-state index contributed by atoms with van der Waals surface area (Å²) in [7, 11) is 0. The van der Waals surface area contributed by atoms with E-state index in [-0.39, 0.29) is 0 Å². The van der Waals surface area contributed by atoms with Crippen LogP contribution >= 0.6 is 0 Å². The summed E-state index contributed by atoms with van der Waals surface area (Å²) in [5.41, 5.74) is 1.17. The second-order valence-corrected chi connectivity index (χ2v) is 2.17. The van der Waals surface area contributed by atoms with Crippen LogP contribution in [0, 0.1) is 0 Å². The fourth-order valence-electron chi connectivity index (χ4n) is 0.657. The monoisotopic (exact) mass is 178 g/mol. The van der Waals surface area contributed by atoms with Crippen LogP contribution in [-0.4, -0.2) is 13.1 Å². The van der Waals surface area contributed by atoms with Gasteiger partial charge in [-0.3, -0.25) is 4.79 Å². The van der Waals surface area contributed by atoms with Crippen molar-refractivity contribution in [3.05, 3.63) is 42.5 Å². The quantitative estimate of drug-likeness (QED) is 0.665. The van der Waals surface area contributed by atoms with Gasteiger partial charge in [-0.05, 0) is 12.5 Å². The first-order valence-corrected chi connectivity index (χ1v) is 4.07. The lowest BCUT2D eigenvalue weighted by Gasteiger charge is -1.85. The van der Waals surface area contributed by atoms with E-state index in [2.05, 4.69) is 11.3 Å². The summed E-state index contributed by atoms with van der Waals surface area (Å²) in [5, 5.41) is 0. The topological polar surface area (TPSA) is 26.3 Å². The fraction of sp³-hybridized carbons (Fsp3) is 0.182. The zero-order valence-corrected chi connectivity index (χ0v) is 7.77. The Morgan fingerprint density at radius 2 is 2.00 bits per heavy atom. The molecule has 70 valence electrons. The molecule has 2 heteroatoms. The molecule has 1 rings (SSSR count). The molecule has 0 spiro atoms. The number of carbonyl (C=O) groups is 1. The Morgan fingerprint density at radius 3 is 2.23 bits per heavy atom. The van der Waals surface area contributed by atoms with Crippen molar-refractivity contribution in [3.63, 3.8) is 0 Å². The van der Waals surface area contributed by atoms with E-state index in [0.29, 0.717) is 13.1 Å². The summed E-state index contributed by atoms with van der Waals surface area (Å²) in [5.74, 6) is 0. The molecule has 0 bridgehead atoms. The van der Waals surface area contributed by atoms with Crippen LogP contribution in [0.2, 0.25) is 0 Å². The smallest absolute Gasteiger partial charge is 0.293 e. The predicted octanol–water partition coefficient (Wildman–Crippen LogP) is 2.51. The minimum absolute atomic E-state index is 0.431. The molecule has 1 aromatic carbocycles. The highest BCUT2D eigenvalue weighted by molar-refractivity contribution is 5.45. The molecular weight excluding hydrogens is 164 g/mol. The summed E-state index contributed by atoms with van der Waals surface area (Å²) in [6.45, 7) is 6.30. The maximum Gasteiger partial charge on any atom is 0.293 e. The van der Waals surface area contributed by atoms with Gasteiger partial charge in [-0.25, -0.2) is 0 Å². The second-order valence-electron chi connectivity index (χ2n) is 2.17. The molecule has 0 heterocycles. The summed E-state index contributed by atoms with van der Waals surface area (Å²) in [6, 6.07) is 10.0. The number of hydrogen-bond donors (Lipinski definition) is 0. The van der Waals surface area contributed by atoms with E-state index in [1.54, 1.807) is 6.92 Å². The lowest BCUT2D eigenvalue weighted by molar-refractivity contribution is -0.128. The Balaban J connectivity index is 0.000000252. The molecule has 0 fully saturated rings. The molecule has 0 unspecified atom stereocenters. The van der Waals surface area contributed by atoms with Crippen molar-refractivity contribution in [3.8, 4) is 0 Å². The van der Waals surface area contributed by atoms with Crippen molar-refractivity contribution in [1.82, 2.24) is 0 Å². The molecule has 13 heavy (non-hydrogen) atoms. The van der Waals surface area contributed by atoms with Gasteiger partial charge >= 0.3 is 0 Å². The maximum absolute atomic E-state index is 9.18. The van der Waals surface area contributed by atoms with Crippen LogP contribution in [-0.2, 0) is 9.53 Å². The molecule has 0 saturated carbocycles. The Morgan fingerprint density at radius 1 is 1.38 bits per heavy atom. The number of ether oxygens (including phenoxy) is 1. The van der Waals surface area contributed by atoms with Gasteiger partial charge in [-0.1, -0.05) is 43.0 Å². The Bertz CT molecular complexity index is 229. The Kier molecular flexibility index (Phi) is 7.50. The Labute approximate surface area is 78.8 Å². The van der Waals surface area contributed by atoms with E-state index in [1.807, 2.05) is 36.4 Å². The first-order chi connectivity index (χ1) is 6.35. The number of hydrogen-bond acceptors (Lipinski definition) is 2. The van der Waals surface area contributed by atoms with E-state index in [1.165, 1.54) is 5.56 Å². The van der Waals surface area contributed by atoms with Crippen LogP contribution in [0.1, 0.15) is 12.5 Å². The molecule has 0 aliphatic heterocycles. The standard InChI is InChI=1S/C8H8.C3H6O2/c1-2-8-6-4-3-5-7-8;1-2-5-3-4/h2-7H,1H2;3H,2H2,1H3. The van der Waals surface area contributed by atoms with E-state index in [4.69, 9.17) is 0 Å². The molecule has 0 atom stereocenters. The molecular formula is C11H14O2. The SMILES string of the molecule is C=Cc1ccccc1.CCOC=O. The van der Waals surface area contributed by atoms with Crippen molar-refractivity contribution < 1.29 is 9.53 Å². The molecule has 0 amide bonds. The molecule has 2 nitrogen and oxygen atoms in total. The minimum atomic E-state index is 0.431. The largest absolute Gasteiger partial charge is 0.468 e. The molecule has 0 saturated heterocycles. The van der Waals surface area contributed by atoms with Gasteiger partial charge < -0.3 is 4.74 Å². The van der Waals surface area contributed by atoms with E-state index in [0.717, 1.165) is 0 Å². The molecule has 0 aliphatic rings. The van der Waals surface area contributed by atoms with E-state index < -0.39 is 0 Å². The lowest BCUT2D eigenvalue weighted by Crippen LogP contribution is -1.80. The van der Waals surface area contributed by atoms with Crippen LogP contribution in [0.3, 0.4) is 0 Å². The van der Waals surface area contributed by atoms with Crippen LogP contribution in [0.15, 0.2) is 36.9 Å². The van der Waals surface area contributed by atoms with Gasteiger partial charge in [0.2, 0.25) is 0 Å². The van der Waals surface area contributed by atoms with Crippen LogP contribution in [0.25, 0.3) is 6.08 Å². The summed E-state index contributed by atoms with van der Waals surface area (Å²) < 4.78 is 4.15. The minimum Gasteiger partial charge on any atom is -0.468 e. The third kappa shape index (κ3) is 6.81. The maximum atomic E-state index is 9.18. The third-order valence-corrected chi connectivity index (χ3v) is 1.27. The number of carbonyl (C=O) groups excluding carboxylic acids is 1. The van der Waals surface area contributed by atoms with Crippen molar-refractivity contribution in [2.45, 2.75) is 6.92 Å². The molecule has 0 N–H and O–H groups in total. The average molecular weight is 178 g/mol. The predicted molar refractivity (Wildman–Crippen MR) is 54.2 cm³/mol. The first kappa shape index (κ1) is 11.4. The zero-order chi connectivity index (χ0) is 9.94.